The molecule has 1 aliphatic heterocycles. The van der Waals surface area contributed by atoms with E-state index in [0.29, 0.717) is 23.0 Å². The van der Waals surface area contributed by atoms with Gasteiger partial charge < -0.3 is 9.64 Å². The van der Waals surface area contributed by atoms with Crippen LogP contribution in [-0.2, 0) is 14.9 Å². The molecular weight excluding hydrogens is 351 g/mol. The molecule has 1 saturated carbocycles. The molecule has 0 radical (unpaired) electrons. The number of amides is 1. The summed E-state index contributed by atoms with van der Waals surface area (Å²) >= 11 is 3.44. The zero-order chi connectivity index (χ0) is 15.6. The molecule has 6 heteroatoms. The van der Waals surface area contributed by atoms with Gasteiger partial charge in [0, 0.05) is 31.2 Å². The number of anilines is 1. The molecular formula is C16H14BrFN2O2. The van der Waals surface area contributed by atoms with Gasteiger partial charge in [-0.1, -0.05) is 0 Å². The van der Waals surface area contributed by atoms with Crippen LogP contribution in [0.4, 0.5) is 10.1 Å². The molecule has 1 fully saturated rings. The molecule has 1 aliphatic carbocycles. The van der Waals surface area contributed by atoms with Crippen LogP contribution in [0, 0.1) is 5.82 Å². The Kier molecular flexibility index (Phi) is 2.87. The second-order valence-corrected chi connectivity index (χ2v) is 6.75. The van der Waals surface area contributed by atoms with Crippen LogP contribution in [-0.4, -0.2) is 31.2 Å². The van der Waals surface area contributed by atoms with E-state index < -0.39 is 5.41 Å². The van der Waals surface area contributed by atoms with Crippen LogP contribution in [0.5, 0.6) is 0 Å². The van der Waals surface area contributed by atoms with Crippen molar-refractivity contribution in [2.45, 2.75) is 24.4 Å². The van der Waals surface area contributed by atoms with Crippen LogP contribution in [0.2, 0.25) is 0 Å². The molecule has 1 aromatic carbocycles. The van der Waals surface area contributed by atoms with Crippen LogP contribution in [0.15, 0.2) is 22.8 Å². The minimum atomic E-state index is -0.563. The first-order valence-electron chi connectivity index (χ1n) is 7.08. The van der Waals surface area contributed by atoms with Crippen molar-refractivity contribution in [1.29, 1.82) is 0 Å². The van der Waals surface area contributed by atoms with Crippen LogP contribution in [0.3, 0.4) is 0 Å². The number of fused-ring (bicyclic) bond motifs is 4. The lowest BCUT2D eigenvalue weighted by Gasteiger charge is -2.43. The van der Waals surface area contributed by atoms with E-state index in [1.165, 1.54) is 12.1 Å². The minimum Gasteiger partial charge on any atom is -0.381 e. The van der Waals surface area contributed by atoms with Gasteiger partial charge in [0.25, 0.3) is 0 Å². The summed E-state index contributed by atoms with van der Waals surface area (Å²) in [5.74, 6) is -0.267. The van der Waals surface area contributed by atoms with Gasteiger partial charge in [-0.3, -0.25) is 4.79 Å². The summed E-state index contributed by atoms with van der Waals surface area (Å²) in [4.78, 5) is 18.9. The molecule has 2 heterocycles. The van der Waals surface area contributed by atoms with Gasteiger partial charge in [-0.15, -0.1) is 0 Å². The Morgan fingerprint density at radius 1 is 1.45 bits per heavy atom. The maximum Gasteiger partial charge on any atom is 0.237 e. The van der Waals surface area contributed by atoms with Crippen molar-refractivity contribution >= 4 is 38.4 Å². The number of nitrogens with zero attached hydrogens (tertiary/aromatic N) is 2. The summed E-state index contributed by atoms with van der Waals surface area (Å²) in [5, 5.41) is 0.840. The topological polar surface area (TPSA) is 42.4 Å². The van der Waals surface area contributed by atoms with Gasteiger partial charge in [0.15, 0.2) is 0 Å². The highest BCUT2D eigenvalue weighted by atomic mass is 79.9. The number of likely N-dealkylation sites (N-methyl/N-ethyl adjacent to an activating group) is 1. The second kappa shape index (κ2) is 4.49. The van der Waals surface area contributed by atoms with Gasteiger partial charge in [-0.05, 0) is 40.9 Å². The fourth-order valence-corrected chi connectivity index (χ4v) is 4.44. The third kappa shape index (κ3) is 1.59. The van der Waals surface area contributed by atoms with Crippen molar-refractivity contribution in [2.75, 3.05) is 19.1 Å². The fourth-order valence-electron chi connectivity index (χ4n) is 3.78. The van der Waals surface area contributed by atoms with Crippen molar-refractivity contribution in [1.82, 2.24) is 4.98 Å². The quantitative estimate of drug-likeness (QED) is 0.730. The first kappa shape index (κ1) is 14.1. The molecule has 2 aliphatic rings. The van der Waals surface area contributed by atoms with Gasteiger partial charge in [0.2, 0.25) is 5.91 Å². The number of rotatable bonds is 1. The summed E-state index contributed by atoms with van der Waals surface area (Å²) in [6, 6.07) is 4.54. The first-order chi connectivity index (χ1) is 10.5. The summed E-state index contributed by atoms with van der Waals surface area (Å²) < 4.78 is 19.5. The molecule has 4 nitrogen and oxygen atoms in total. The normalized spacial score (nSPS) is 26.6. The summed E-state index contributed by atoms with van der Waals surface area (Å²) in [7, 11) is 3.43. The lowest BCUT2D eigenvalue weighted by Crippen LogP contribution is -2.51. The Morgan fingerprint density at radius 2 is 2.18 bits per heavy atom. The van der Waals surface area contributed by atoms with Crippen LogP contribution >= 0.6 is 15.9 Å². The van der Waals surface area contributed by atoms with Crippen molar-refractivity contribution < 1.29 is 13.9 Å². The molecule has 2 aromatic rings. The number of hydrogen-bond donors (Lipinski definition) is 0. The van der Waals surface area contributed by atoms with E-state index in [9.17, 15) is 9.18 Å². The minimum absolute atomic E-state index is 0.0649. The average Bonchev–Trinajstić information content (AvgIpc) is 2.67. The largest absolute Gasteiger partial charge is 0.381 e. The third-order valence-electron chi connectivity index (χ3n) is 4.89. The van der Waals surface area contributed by atoms with E-state index in [2.05, 4.69) is 20.9 Å². The number of carbonyl (C=O) groups is 1. The standard InChI is InChI=1S/C16H14BrFN2O2/c1-20-13-12(16(15(20)21)6-9(7-16)22-2)10-4-3-8(18)5-11(10)19-14(13)17/h3-5,9H,6-7H2,1-2H3. The lowest BCUT2D eigenvalue weighted by atomic mass is 9.62. The highest BCUT2D eigenvalue weighted by Crippen LogP contribution is 2.57. The SMILES string of the molecule is COC1CC2(C1)C(=O)N(C)c1c(Br)nc3cc(F)ccc3c12. The number of carbonyl (C=O) groups excluding carboxylic acids is 1. The Bertz CT molecular complexity index is 817. The van der Waals surface area contributed by atoms with Gasteiger partial charge in [-0.2, -0.15) is 0 Å². The average molecular weight is 365 g/mol. The molecule has 1 aromatic heterocycles. The molecule has 0 atom stereocenters. The van der Waals surface area contributed by atoms with E-state index in [4.69, 9.17) is 4.74 Å². The Balaban J connectivity index is 2.03. The lowest BCUT2D eigenvalue weighted by molar-refractivity contribution is -0.131. The number of aromatic nitrogens is 1. The van der Waals surface area contributed by atoms with Gasteiger partial charge in [0.1, 0.15) is 10.4 Å². The van der Waals surface area contributed by atoms with Crippen molar-refractivity contribution in [3.8, 4) is 0 Å². The highest BCUT2D eigenvalue weighted by Gasteiger charge is 2.59. The second-order valence-electron chi connectivity index (χ2n) is 6.00. The summed E-state index contributed by atoms with van der Waals surface area (Å²) in [6.07, 6.45) is 1.40. The number of ether oxygens (including phenoxy) is 1. The van der Waals surface area contributed by atoms with Crippen LogP contribution in [0.25, 0.3) is 10.9 Å². The highest BCUT2D eigenvalue weighted by molar-refractivity contribution is 9.10. The number of hydrogen-bond acceptors (Lipinski definition) is 3. The predicted octanol–water partition coefficient (Wildman–Crippen LogP) is 3.16. The zero-order valence-corrected chi connectivity index (χ0v) is 13.8. The zero-order valence-electron chi connectivity index (χ0n) is 12.2. The molecule has 0 unspecified atom stereocenters. The summed E-state index contributed by atoms with van der Waals surface area (Å²) in [5.41, 5.74) is 1.74. The molecule has 1 spiro atoms. The third-order valence-corrected chi connectivity index (χ3v) is 5.45. The maximum absolute atomic E-state index is 13.5. The van der Waals surface area contributed by atoms with Crippen LogP contribution in [0.1, 0.15) is 18.4 Å². The molecule has 4 rings (SSSR count). The number of methoxy groups -OCH3 is 1. The van der Waals surface area contributed by atoms with Crippen molar-refractivity contribution in [2.24, 2.45) is 0 Å². The molecule has 114 valence electrons. The fraction of sp³-hybridized carbons (Fsp3) is 0.375. The monoisotopic (exact) mass is 364 g/mol. The van der Waals surface area contributed by atoms with E-state index >= 15 is 0 Å². The van der Waals surface area contributed by atoms with E-state index in [1.54, 1.807) is 25.1 Å². The Labute approximate surface area is 135 Å². The van der Waals surface area contributed by atoms with E-state index in [1.807, 2.05) is 0 Å². The van der Waals surface area contributed by atoms with Crippen molar-refractivity contribution in [3.63, 3.8) is 0 Å². The molecule has 0 bridgehead atoms. The van der Waals surface area contributed by atoms with Gasteiger partial charge in [-0.25, -0.2) is 9.37 Å². The maximum atomic E-state index is 13.5. The Hall–Kier alpha value is -1.53. The molecule has 0 saturated heterocycles. The Morgan fingerprint density at radius 3 is 2.86 bits per heavy atom. The van der Waals surface area contributed by atoms with Gasteiger partial charge in [0.05, 0.1) is 22.7 Å². The predicted molar refractivity (Wildman–Crippen MR) is 84.5 cm³/mol. The first-order valence-corrected chi connectivity index (χ1v) is 7.87. The smallest absolute Gasteiger partial charge is 0.237 e. The van der Waals surface area contributed by atoms with E-state index in [0.717, 1.165) is 16.6 Å². The summed E-state index contributed by atoms with van der Waals surface area (Å²) in [6.45, 7) is 0. The molecule has 0 N–H and O–H groups in total. The van der Waals surface area contributed by atoms with Gasteiger partial charge >= 0.3 is 0 Å². The number of pyridine rings is 1. The molecule has 22 heavy (non-hydrogen) atoms. The van der Waals surface area contributed by atoms with E-state index in [-0.39, 0.29) is 17.8 Å². The molecule has 1 amide bonds. The number of halogens is 2. The van der Waals surface area contributed by atoms with Crippen molar-refractivity contribution in [3.05, 3.63) is 34.2 Å². The number of benzene rings is 1. The van der Waals surface area contributed by atoms with Crippen LogP contribution < -0.4 is 4.90 Å².